The van der Waals surface area contributed by atoms with E-state index in [9.17, 15) is 4.79 Å². The molecule has 1 aromatic carbocycles. The van der Waals surface area contributed by atoms with E-state index in [-0.39, 0.29) is 6.42 Å². The van der Waals surface area contributed by atoms with Crippen molar-refractivity contribution >= 4 is 5.97 Å². The molecular weight excluding hydrogens is 220 g/mol. The zero-order chi connectivity index (χ0) is 12.4. The summed E-state index contributed by atoms with van der Waals surface area (Å²) >= 11 is 0. The Morgan fingerprint density at radius 2 is 2.06 bits per heavy atom. The monoisotopic (exact) mass is 232 g/mol. The highest BCUT2D eigenvalue weighted by atomic mass is 16.6. The van der Waals surface area contributed by atoms with E-state index in [2.05, 4.69) is 14.9 Å². The van der Waals surface area contributed by atoms with Gasteiger partial charge in [0.2, 0.25) is 0 Å². The van der Waals surface area contributed by atoms with Crippen molar-refractivity contribution in [1.82, 2.24) is 10.3 Å². The fraction of sp³-hybridized carbons (Fsp3) is 0.250. The third-order valence-electron chi connectivity index (χ3n) is 2.66. The number of hydrogen-bond donors (Lipinski definition) is 1. The van der Waals surface area contributed by atoms with E-state index in [1.807, 2.05) is 32.0 Å². The molecule has 0 aliphatic heterocycles. The predicted octanol–water partition coefficient (Wildman–Crippen LogP) is 1.98. The zero-order valence-corrected chi connectivity index (χ0v) is 9.60. The summed E-state index contributed by atoms with van der Waals surface area (Å²) in [5.74, 6) is -0.953. The molecule has 0 amide bonds. The number of benzene rings is 1. The van der Waals surface area contributed by atoms with Crippen LogP contribution >= 0.6 is 0 Å². The van der Waals surface area contributed by atoms with Crippen LogP contribution in [0, 0.1) is 13.8 Å². The maximum absolute atomic E-state index is 10.7. The van der Waals surface area contributed by atoms with Gasteiger partial charge in [-0.2, -0.15) is 0 Å². The molecule has 2 aromatic rings. The molecule has 0 aliphatic rings. The zero-order valence-electron chi connectivity index (χ0n) is 9.60. The first-order valence-electron chi connectivity index (χ1n) is 5.19. The molecular formula is C12H12N2O3. The first kappa shape index (κ1) is 11.3. The second kappa shape index (κ2) is 4.37. The first-order chi connectivity index (χ1) is 8.08. The average molecular weight is 232 g/mol. The van der Waals surface area contributed by atoms with Crippen molar-refractivity contribution in [3.63, 3.8) is 0 Å². The van der Waals surface area contributed by atoms with Gasteiger partial charge in [0.1, 0.15) is 11.4 Å². The minimum Gasteiger partial charge on any atom is -0.481 e. The molecule has 0 atom stereocenters. The van der Waals surface area contributed by atoms with Crippen molar-refractivity contribution in [2.24, 2.45) is 0 Å². The molecule has 0 fully saturated rings. The summed E-state index contributed by atoms with van der Waals surface area (Å²) in [6.45, 7) is 4.00. The molecule has 1 heterocycles. The van der Waals surface area contributed by atoms with Crippen molar-refractivity contribution in [2.75, 3.05) is 0 Å². The summed E-state index contributed by atoms with van der Waals surface area (Å²) in [6, 6.07) is 5.79. The molecule has 5 nitrogen and oxygen atoms in total. The quantitative estimate of drug-likeness (QED) is 0.875. The van der Waals surface area contributed by atoms with Crippen LogP contribution in [-0.4, -0.2) is 21.4 Å². The maximum atomic E-state index is 10.7. The second-order valence-corrected chi connectivity index (χ2v) is 3.93. The molecule has 2 rings (SSSR count). The lowest BCUT2D eigenvalue weighted by Gasteiger charge is -2.02. The average Bonchev–Trinajstić information content (AvgIpc) is 2.69. The molecule has 0 unspecified atom stereocenters. The number of carboxylic acid groups (broad SMARTS) is 1. The lowest BCUT2D eigenvalue weighted by atomic mass is 10.0. The summed E-state index contributed by atoms with van der Waals surface area (Å²) in [4.78, 5) is 10.7. The van der Waals surface area contributed by atoms with Gasteiger partial charge in [-0.1, -0.05) is 17.3 Å². The maximum Gasteiger partial charge on any atom is 0.309 e. The van der Waals surface area contributed by atoms with Crippen LogP contribution in [0.25, 0.3) is 11.3 Å². The smallest absolute Gasteiger partial charge is 0.309 e. The summed E-state index contributed by atoms with van der Waals surface area (Å²) in [7, 11) is 0. The third kappa shape index (κ3) is 2.33. The normalized spacial score (nSPS) is 10.5. The van der Waals surface area contributed by atoms with Crippen LogP contribution in [0.3, 0.4) is 0 Å². The molecule has 17 heavy (non-hydrogen) atoms. The van der Waals surface area contributed by atoms with Crippen LogP contribution in [0.2, 0.25) is 0 Å². The summed E-state index contributed by atoms with van der Waals surface area (Å²) in [6.07, 6.45) is -0.189. The van der Waals surface area contributed by atoms with Gasteiger partial charge < -0.3 is 5.11 Å². The van der Waals surface area contributed by atoms with Crippen LogP contribution in [0.1, 0.15) is 16.8 Å². The Morgan fingerprint density at radius 1 is 1.29 bits per heavy atom. The summed E-state index contributed by atoms with van der Waals surface area (Å²) in [5, 5.41) is 16.1. The third-order valence-corrected chi connectivity index (χ3v) is 2.66. The molecule has 1 N–H and O–H groups in total. The molecule has 5 heteroatoms. The highest BCUT2D eigenvalue weighted by Gasteiger charge is 2.15. The Morgan fingerprint density at radius 3 is 2.71 bits per heavy atom. The molecule has 0 radical (unpaired) electrons. The van der Waals surface area contributed by atoms with Crippen LogP contribution < -0.4 is 0 Å². The van der Waals surface area contributed by atoms with Gasteiger partial charge >= 0.3 is 5.97 Å². The van der Waals surface area contributed by atoms with Gasteiger partial charge in [-0.05, 0) is 36.2 Å². The fourth-order valence-electron chi connectivity index (χ4n) is 1.57. The molecule has 1 aromatic heterocycles. The molecule has 0 aliphatic carbocycles. The topological polar surface area (TPSA) is 76.2 Å². The molecule has 88 valence electrons. The number of aromatic nitrogens is 2. The predicted molar refractivity (Wildman–Crippen MR) is 60.5 cm³/mol. The Hall–Kier alpha value is -2.17. The number of hydrogen-bond acceptors (Lipinski definition) is 4. The van der Waals surface area contributed by atoms with Crippen molar-refractivity contribution in [3.05, 3.63) is 35.0 Å². The SMILES string of the molecule is Cc1ccc(-c2nonc2CC(=O)O)cc1C. The Labute approximate surface area is 98.0 Å². The van der Waals surface area contributed by atoms with Gasteiger partial charge in [0, 0.05) is 5.56 Å². The Bertz CT molecular complexity index is 561. The highest BCUT2D eigenvalue weighted by Crippen LogP contribution is 2.23. The summed E-state index contributed by atoms with van der Waals surface area (Å²) < 4.78 is 4.61. The van der Waals surface area contributed by atoms with Gasteiger partial charge in [0.15, 0.2) is 0 Å². The molecule has 0 bridgehead atoms. The minimum atomic E-state index is -0.953. The van der Waals surface area contributed by atoms with Crippen LogP contribution in [0.5, 0.6) is 0 Å². The number of aliphatic carboxylic acids is 1. The van der Waals surface area contributed by atoms with Crippen LogP contribution in [0.15, 0.2) is 22.8 Å². The second-order valence-electron chi connectivity index (χ2n) is 3.93. The van der Waals surface area contributed by atoms with E-state index in [4.69, 9.17) is 5.11 Å². The number of carbonyl (C=O) groups is 1. The number of carboxylic acids is 1. The lowest BCUT2D eigenvalue weighted by Crippen LogP contribution is -2.01. The van der Waals surface area contributed by atoms with Crippen molar-refractivity contribution in [1.29, 1.82) is 0 Å². The fourth-order valence-corrected chi connectivity index (χ4v) is 1.57. The van der Waals surface area contributed by atoms with Crippen LogP contribution in [0.4, 0.5) is 0 Å². The van der Waals surface area contributed by atoms with Gasteiger partial charge in [0.25, 0.3) is 0 Å². The molecule has 0 spiro atoms. The van der Waals surface area contributed by atoms with Crippen molar-refractivity contribution in [2.45, 2.75) is 20.3 Å². The van der Waals surface area contributed by atoms with Gasteiger partial charge in [0.05, 0.1) is 6.42 Å². The van der Waals surface area contributed by atoms with E-state index in [1.165, 1.54) is 5.56 Å². The van der Waals surface area contributed by atoms with E-state index < -0.39 is 5.97 Å². The lowest BCUT2D eigenvalue weighted by molar-refractivity contribution is -0.136. The first-order valence-corrected chi connectivity index (χ1v) is 5.19. The number of aryl methyl sites for hydroxylation is 2. The minimum absolute atomic E-state index is 0.189. The van der Waals surface area contributed by atoms with Gasteiger partial charge in [-0.15, -0.1) is 0 Å². The van der Waals surface area contributed by atoms with E-state index in [1.54, 1.807) is 0 Å². The van der Waals surface area contributed by atoms with Crippen LogP contribution in [-0.2, 0) is 11.2 Å². The van der Waals surface area contributed by atoms with Crippen molar-refractivity contribution in [3.8, 4) is 11.3 Å². The largest absolute Gasteiger partial charge is 0.481 e. The summed E-state index contributed by atoms with van der Waals surface area (Å²) in [5.41, 5.74) is 3.96. The molecule has 0 saturated heterocycles. The standard InChI is InChI=1S/C12H12N2O3/c1-7-3-4-9(5-8(7)2)12-10(6-11(15)16)13-17-14-12/h3-5H,6H2,1-2H3,(H,15,16). The number of nitrogens with zero attached hydrogens (tertiary/aromatic N) is 2. The van der Waals surface area contributed by atoms with E-state index in [0.29, 0.717) is 11.4 Å². The Balaban J connectivity index is 2.42. The van der Waals surface area contributed by atoms with Gasteiger partial charge in [-0.3, -0.25) is 4.79 Å². The van der Waals surface area contributed by atoms with Crippen molar-refractivity contribution < 1.29 is 14.5 Å². The van der Waals surface area contributed by atoms with Gasteiger partial charge in [-0.25, -0.2) is 4.63 Å². The van der Waals surface area contributed by atoms with E-state index in [0.717, 1.165) is 11.1 Å². The van der Waals surface area contributed by atoms with E-state index >= 15 is 0 Å². The molecule has 0 saturated carbocycles. The Kier molecular flexibility index (Phi) is 2.91. The highest BCUT2D eigenvalue weighted by molar-refractivity contribution is 5.73. The number of rotatable bonds is 3.